The lowest BCUT2D eigenvalue weighted by atomic mass is 10.2. The average Bonchev–Trinajstić information content (AvgIpc) is 2.22. The monoisotopic (exact) mass is 230 g/mol. The Morgan fingerprint density at radius 2 is 1.19 bits per heavy atom. The van der Waals surface area contributed by atoms with E-state index in [1.807, 2.05) is 0 Å². The highest BCUT2D eigenvalue weighted by atomic mass is 15.3. The molecule has 0 aliphatic carbocycles. The van der Waals surface area contributed by atoms with Crippen LogP contribution in [0.3, 0.4) is 0 Å². The van der Waals surface area contributed by atoms with Crippen LogP contribution in [0.2, 0.25) is 0 Å². The maximum absolute atomic E-state index is 2.35. The first-order chi connectivity index (χ1) is 7.39. The van der Waals surface area contributed by atoms with Crippen molar-refractivity contribution >= 4 is 0 Å². The third-order valence-electron chi connectivity index (χ3n) is 3.79. The number of quaternary nitrogens is 2. The summed E-state index contributed by atoms with van der Waals surface area (Å²) in [6.07, 6.45) is 4.07. The van der Waals surface area contributed by atoms with E-state index >= 15 is 0 Å². The fraction of sp³-hybridized carbons (Fsp3) is 1.00. The van der Waals surface area contributed by atoms with E-state index in [2.05, 4.69) is 41.9 Å². The molecule has 0 bridgehead atoms. The molecule has 0 radical (unpaired) electrons. The zero-order chi connectivity index (χ0) is 12.7. The minimum Gasteiger partial charge on any atom is -0.331 e. The number of hydrogen-bond donors (Lipinski definition) is 0. The molecule has 0 spiro atoms. The quantitative estimate of drug-likeness (QED) is 0.534. The molecule has 0 atom stereocenters. The first kappa shape index (κ1) is 15.9. The zero-order valence-corrected chi connectivity index (χ0v) is 12.6. The Labute approximate surface area is 103 Å². The Balaban J connectivity index is 4.11. The fourth-order valence-electron chi connectivity index (χ4n) is 2.34. The molecule has 0 aliphatic rings. The molecule has 0 aromatic rings. The van der Waals surface area contributed by atoms with Gasteiger partial charge in [0.25, 0.3) is 0 Å². The summed E-state index contributed by atoms with van der Waals surface area (Å²) < 4.78 is 2.43. The van der Waals surface area contributed by atoms with Gasteiger partial charge in [-0.25, -0.2) is 0 Å². The first-order valence-corrected chi connectivity index (χ1v) is 7.04. The van der Waals surface area contributed by atoms with Crippen LogP contribution in [-0.4, -0.2) is 62.8 Å². The number of rotatable bonds is 9. The van der Waals surface area contributed by atoms with Gasteiger partial charge < -0.3 is 8.97 Å². The molecule has 0 N–H and O–H groups in total. The molecule has 0 aliphatic heterocycles. The molecular formula is C14H34N2+2. The molecular weight excluding hydrogens is 196 g/mol. The molecule has 0 heterocycles. The van der Waals surface area contributed by atoms with Crippen LogP contribution in [0.5, 0.6) is 0 Å². The molecule has 0 unspecified atom stereocenters. The predicted octanol–water partition coefficient (Wildman–Crippen LogP) is 2.74. The summed E-state index contributed by atoms with van der Waals surface area (Å²) in [5.74, 6) is 0. The molecule has 2 heteroatoms. The summed E-state index contributed by atoms with van der Waals surface area (Å²) in [7, 11) is 6.87. The highest BCUT2D eigenvalue weighted by Crippen LogP contribution is 2.11. The van der Waals surface area contributed by atoms with Gasteiger partial charge in [-0.05, 0) is 20.3 Å². The van der Waals surface area contributed by atoms with Gasteiger partial charge in [0.1, 0.15) is 0 Å². The van der Waals surface area contributed by atoms with Crippen molar-refractivity contribution in [3.8, 4) is 0 Å². The van der Waals surface area contributed by atoms with Crippen molar-refractivity contribution in [2.24, 2.45) is 0 Å². The molecule has 0 aromatic carbocycles. The molecule has 98 valence electrons. The second-order valence-corrected chi connectivity index (χ2v) is 6.14. The summed E-state index contributed by atoms with van der Waals surface area (Å²) in [4.78, 5) is 0. The third-order valence-corrected chi connectivity index (χ3v) is 3.79. The zero-order valence-electron chi connectivity index (χ0n) is 12.6. The standard InChI is InChI=1S/C14H34N2/c1-7-10-13-16(8-2,9-3)14-11-12-15(4,5)6/h7-14H2,1-6H3/q+2. The van der Waals surface area contributed by atoms with Crippen molar-refractivity contribution < 1.29 is 8.97 Å². The van der Waals surface area contributed by atoms with Gasteiger partial charge in [0.15, 0.2) is 0 Å². The van der Waals surface area contributed by atoms with E-state index in [1.54, 1.807) is 0 Å². The van der Waals surface area contributed by atoms with E-state index in [-0.39, 0.29) is 0 Å². The normalized spacial score (nSPS) is 13.1. The Hall–Kier alpha value is -0.0800. The van der Waals surface area contributed by atoms with Gasteiger partial charge in [0, 0.05) is 6.42 Å². The van der Waals surface area contributed by atoms with Gasteiger partial charge in [-0.1, -0.05) is 13.3 Å². The largest absolute Gasteiger partial charge is 0.331 e. The van der Waals surface area contributed by atoms with Crippen molar-refractivity contribution in [1.29, 1.82) is 0 Å². The lowest BCUT2D eigenvalue weighted by Crippen LogP contribution is -2.50. The highest BCUT2D eigenvalue weighted by molar-refractivity contribution is 4.44. The molecule has 0 amide bonds. The van der Waals surface area contributed by atoms with Gasteiger partial charge >= 0.3 is 0 Å². The summed E-state index contributed by atoms with van der Waals surface area (Å²) >= 11 is 0. The van der Waals surface area contributed by atoms with Crippen molar-refractivity contribution in [1.82, 2.24) is 0 Å². The first-order valence-electron chi connectivity index (χ1n) is 7.04. The topological polar surface area (TPSA) is 0 Å². The Kier molecular flexibility index (Phi) is 7.25. The second kappa shape index (κ2) is 7.29. The maximum atomic E-state index is 2.35. The second-order valence-electron chi connectivity index (χ2n) is 6.14. The molecule has 0 saturated heterocycles. The summed E-state index contributed by atoms with van der Waals surface area (Å²) in [5, 5.41) is 0. The Morgan fingerprint density at radius 1 is 0.688 bits per heavy atom. The number of nitrogens with zero attached hydrogens (tertiary/aromatic N) is 2. The smallest absolute Gasteiger partial charge is 0.0840 e. The Bertz CT molecular complexity index is 166. The maximum Gasteiger partial charge on any atom is 0.0840 e. The van der Waals surface area contributed by atoms with Gasteiger partial charge in [-0.3, -0.25) is 0 Å². The molecule has 16 heavy (non-hydrogen) atoms. The van der Waals surface area contributed by atoms with E-state index in [0.717, 1.165) is 4.48 Å². The SMILES string of the molecule is CCCC[N+](CC)(CC)CCC[N+](C)(C)C. The van der Waals surface area contributed by atoms with Crippen LogP contribution in [0, 0.1) is 0 Å². The van der Waals surface area contributed by atoms with E-state index in [0.29, 0.717) is 0 Å². The van der Waals surface area contributed by atoms with Gasteiger partial charge in [0.05, 0.1) is 53.9 Å². The fourth-order valence-corrected chi connectivity index (χ4v) is 2.34. The van der Waals surface area contributed by atoms with Crippen LogP contribution in [0.1, 0.15) is 40.0 Å². The summed E-state index contributed by atoms with van der Waals surface area (Å²) in [6.45, 7) is 13.6. The van der Waals surface area contributed by atoms with Crippen LogP contribution in [0.15, 0.2) is 0 Å². The van der Waals surface area contributed by atoms with Gasteiger partial charge in [-0.2, -0.15) is 0 Å². The molecule has 0 fully saturated rings. The van der Waals surface area contributed by atoms with Crippen molar-refractivity contribution in [3.63, 3.8) is 0 Å². The van der Waals surface area contributed by atoms with Crippen molar-refractivity contribution in [2.45, 2.75) is 40.0 Å². The Morgan fingerprint density at radius 3 is 1.56 bits per heavy atom. The molecule has 0 saturated carbocycles. The van der Waals surface area contributed by atoms with Crippen LogP contribution in [-0.2, 0) is 0 Å². The molecule has 0 aromatic heterocycles. The van der Waals surface area contributed by atoms with Crippen LogP contribution >= 0.6 is 0 Å². The van der Waals surface area contributed by atoms with E-state index < -0.39 is 0 Å². The lowest BCUT2D eigenvalue weighted by molar-refractivity contribution is -0.930. The highest BCUT2D eigenvalue weighted by Gasteiger charge is 2.23. The van der Waals surface area contributed by atoms with E-state index in [4.69, 9.17) is 0 Å². The van der Waals surface area contributed by atoms with E-state index in [1.165, 1.54) is 56.5 Å². The van der Waals surface area contributed by atoms with Crippen LogP contribution < -0.4 is 0 Å². The third kappa shape index (κ3) is 6.49. The van der Waals surface area contributed by atoms with Gasteiger partial charge in [0.2, 0.25) is 0 Å². The number of hydrogen-bond acceptors (Lipinski definition) is 0. The van der Waals surface area contributed by atoms with Crippen LogP contribution in [0.25, 0.3) is 0 Å². The van der Waals surface area contributed by atoms with Gasteiger partial charge in [-0.15, -0.1) is 0 Å². The molecule has 2 nitrogen and oxygen atoms in total. The summed E-state index contributed by atoms with van der Waals surface area (Å²) in [6, 6.07) is 0. The minimum atomic E-state index is 1.10. The average molecular weight is 230 g/mol. The van der Waals surface area contributed by atoms with E-state index in [9.17, 15) is 0 Å². The lowest BCUT2D eigenvalue weighted by Gasteiger charge is -2.37. The predicted molar refractivity (Wildman–Crippen MR) is 73.5 cm³/mol. The number of unbranched alkanes of at least 4 members (excludes halogenated alkanes) is 1. The molecule has 0 rings (SSSR count). The van der Waals surface area contributed by atoms with Crippen molar-refractivity contribution in [2.75, 3.05) is 53.9 Å². The minimum absolute atomic E-state index is 1.10. The van der Waals surface area contributed by atoms with Crippen molar-refractivity contribution in [3.05, 3.63) is 0 Å². The summed E-state index contributed by atoms with van der Waals surface area (Å²) in [5.41, 5.74) is 0. The van der Waals surface area contributed by atoms with Crippen LogP contribution in [0.4, 0.5) is 0 Å².